The van der Waals surface area contributed by atoms with E-state index in [2.05, 4.69) is 10.3 Å². The molecule has 0 aliphatic rings. The van der Waals surface area contributed by atoms with Crippen LogP contribution in [-0.2, 0) is 0 Å². The molecule has 6 heteroatoms. The minimum atomic E-state index is -0.241. The highest BCUT2D eigenvalue weighted by molar-refractivity contribution is 6.04. The normalized spacial score (nSPS) is 10.2. The Balaban J connectivity index is 1.83. The molecule has 3 aromatic rings. The van der Waals surface area contributed by atoms with Crippen LogP contribution in [0.1, 0.15) is 10.4 Å². The van der Waals surface area contributed by atoms with E-state index in [0.717, 1.165) is 16.9 Å². The molecule has 0 radical (unpaired) electrons. The van der Waals surface area contributed by atoms with Crippen LogP contribution in [0.15, 0.2) is 60.9 Å². The lowest BCUT2D eigenvalue weighted by Gasteiger charge is -2.10. The number of benzene rings is 2. The number of amides is 1. The summed E-state index contributed by atoms with van der Waals surface area (Å²) in [5.74, 6) is 1.74. The standard InChI is InChI=1S/C21H20N2O4/c1-25-18-7-5-17(6-8-18)23-21(24)16-10-15(12-22-13-16)14-4-9-19(26-2)20(11-14)27-3/h4-13H,1-3H3,(H,23,24). The van der Waals surface area contributed by atoms with Crippen LogP contribution in [-0.4, -0.2) is 32.2 Å². The number of pyridine rings is 1. The molecule has 0 spiro atoms. The summed E-state index contributed by atoms with van der Waals surface area (Å²) in [6, 6.07) is 14.5. The Morgan fingerprint density at radius 1 is 0.815 bits per heavy atom. The first-order valence-corrected chi connectivity index (χ1v) is 8.27. The fraction of sp³-hybridized carbons (Fsp3) is 0.143. The van der Waals surface area contributed by atoms with Crippen LogP contribution in [0, 0.1) is 0 Å². The molecule has 27 heavy (non-hydrogen) atoms. The number of nitrogens with one attached hydrogen (secondary N) is 1. The predicted molar refractivity (Wildman–Crippen MR) is 104 cm³/mol. The van der Waals surface area contributed by atoms with Crippen molar-refractivity contribution in [1.82, 2.24) is 4.98 Å². The predicted octanol–water partition coefficient (Wildman–Crippen LogP) is 4.03. The van der Waals surface area contributed by atoms with Gasteiger partial charge >= 0.3 is 0 Å². The van der Waals surface area contributed by atoms with Crippen LogP contribution >= 0.6 is 0 Å². The third-order valence-electron chi connectivity index (χ3n) is 4.07. The van der Waals surface area contributed by atoms with E-state index in [-0.39, 0.29) is 5.91 Å². The van der Waals surface area contributed by atoms with Crippen LogP contribution in [0.25, 0.3) is 11.1 Å². The second-order valence-corrected chi connectivity index (χ2v) is 5.71. The van der Waals surface area contributed by atoms with Crippen LogP contribution in [0.3, 0.4) is 0 Å². The molecular weight excluding hydrogens is 344 g/mol. The van der Waals surface area contributed by atoms with Crippen molar-refractivity contribution in [3.05, 3.63) is 66.5 Å². The van der Waals surface area contributed by atoms with E-state index in [4.69, 9.17) is 14.2 Å². The zero-order chi connectivity index (χ0) is 19.2. The second-order valence-electron chi connectivity index (χ2n) is 5.71. The van der Waals surface area contributed by atoms with Crippen molar-refractivity contribution in [2.45, 2.75) is 0 Å². The molecule has 138 valence electrons. The Labute approximate surface area is 157 Å². The Hall–Kier alpha value is -3.54. The highest BCUT2D eigenvalue weighted by Crippen LogP contribution is 2.32. The molecule has 0 fully saturated rings. The van der Waals surface area contributed by atoms with Crippen molar-refractivity contribution >= 4 is 11.6 Å². The minimum absolute atomic E-state index is 0.241. The van der Waals surface area contributed by atoms with E-state index in [0.29, 0.717) is 22.7 Å². The summed E-state index contributed by atoms with van der Waals surface area (Å²) in [6.07, 6.45) is 3.23. The molecule has 0 saturated heterocycles. The van der Waals surface area contributed by atoms with E-state index >= 15 is 0 Å². The molecule has 0 aliphatic carbocycles. The molecule has 1 heterocycles. The van der Waals surface area contributed by atoms with Gasteiger partial charge < -0.3 is 19.5 Å². The maximum atomic E-state index is 12.5. The van der Waals surface area contributed by atoms with Crippen LogP contribution in [0.4, 0.5) is 5.69 Å². The zero-order valence-electron chi connectivity index (χ0n) is 15.4. The van der Waals surface area contributed by atoms with Crippen LogP contribution in [0.2, 0.25) is 0 Å². The smallest absolute Gasteiger partial charge is 0.257 e. The average Bonchev–Trinajstić information content (AvgIpc) is 2.73. The molecule has 0 unspecified atom stereocenters. The molecule has 1 amide bonds. The second kappa shape index (κ2) is 8.23. The monoisotopic (exact) mass is 364 g/mol. The maximum absolute atomic E-state index is 12.5. The van der Waals surface area contributed by atoms with Gasteiger partial charge in [0.15, 0.2) is 11.5 Å². The summed E-state index contributed by atoms with van der Waals surface area (Å²) in [4.78, 5) is 16.7. The van der Waals surface area contributed by atoms with Crippen molar-refractivity contribution in [3.63, 3.8) is 0 Å². The third-order valence-corrected chi connectivity index (χ3v) is 4.07. The molecule has 6 nitrogen and oxygen atoms in total. The Kier molecular flexibility index (Phi) is 5.56. The van der Waals surface area contributed by atoms with Crippen molar-refractivity contribution in [2.75, 3.05) is 26.6 Å². The number of aromatic nitrogens is 1. The summed E-state index contributed by atoms with van der Waals surface area (Å²) in [7, 11) is 4.76. The molecule has 1 N–H and O–H groups in total. The number of rotatable bonds is 6. The van der Waals surface area contributed by atoms with Crippen molar-refractivity contribution in [3.8, 4) is 28.4 Å². The number of carbonyl (C=O) groups is 1. The van der Waals surface area contributed by atoms with E-state index in [1.54, 1.807) is 57.9 Å². The fourth-order valence-corrected chi connectivity index (χ4v) is 2.62. The Morgan fingerprint density at radius 2 is 1.56 bits per heavy atom. The molecule has 0 atom stereocenters. The Morgan fingerprint density at radius 3 is 2.22 bits per heavy atom. The van der Waals surface area contributed by atoms with E-state index < -0.39 is 0 Å². The number of carbonyl (C=O) groups excluding carboxylic acids is 1. The van der Waals surface area contributed by atoms with Gasteiger partial charge in [0.2, 0.25) is 0 Å². The van der Waals surface area contributed by atoms with Gasteiger partial charge in [-0.3, -0.25) is 9.78 Å². The van der Waals surface area contributed by atoms with Gasteiger partial charge in [-0.15, -0.1) is 0 Å². The quantitative estimate of drug-likeness (QED) is 0.715. The van der Waals surface area contributed by atoms with Crippen molar-refractivity contribution < 1.29 is 19.0 Å². The van der Waals surface area contributed by atoms with Gasteiger partial charge in [0.25, 0.3) is 5.91 Å². The number of anilines is 1. The molecule has 0 bridgehead atoms. The summed E-state index contributed by atoms with van der Waals surface area (Å²) < 4.78 is 15.7. The highest BCUT2D eigenvalue weighted by Gasteiger charge is 2.11. The number of methoxy groups -OCH3 is 3. The molecule has 2 aromatic carbocycles. The first-order chi connectivity index (χ1) is 13.1. The number of nitrogens with zero attached hydrogens (tertiary/aromatic N) is 1. The van der Waals surface area contributed by atoms with Gasteiger partial charge in [-0.25, -0.2) is 0 Å². The van der Waals surface area contributed by atoms with Gasteiger partial charge in [-0.2, -0.15) is 0 Å². The van der Waals surface area contributed by atoms with Crippen molar-refractivity contribution in [1.29, 1.82) is 0 Å². The summed E-state index contributed by atoms with van der Waals surface area (Å²) in [5, 5.41) is 2.85. The van der Waals surface area contributed by atoms with E-state index in [1.165, 1.54) is 6.20 Å². The van der Waals surface area contributed by atoms with Crippen LogP contribution in [0.5, 0.6) is 17.2 Å². The summed E-state index contributed by atoms with van der Waals surface area (Å²) in [6.45, 7) is 0. The topological polar surface area (TPSA) is 69.7 Å². The molecular formula is C21H20N2O4. The van der Waals surface area contributed by atoms with Gasteiger partial charge in [0, 0.05) is 23.6 Å². The lowest BCUT2D eigenvalue weighted by atomic mass is 10.0. The zero-order valence-corrected chi connectivity index (χ0v) is 15.4. The summed E-state index contributed by atoms with van der Waals surface area (Å²) >= 11 is 0. The average molecular weight is 364 g/mol. The first kappa shape index (κ1) is 18.3. The van der Waals surface area contributed by atoms with E-state index in [9.17, 15) is 4.79 Å². The van der Waals surface area contributed by atoms with Crippen molar-refractivity contribution in [2.24, 2.45) is 0 Å². The number of hydrogen-bond donors (Lipinski definition) is 1. The Bertz CT molecular complexity index is 939. The lowest BCUT2D eigenvalue weighted by molar-refractivity contribution is 0.102. The molecule has 1 aromatic heterocycles. The summed E-state index contributed by atoms with van der Waals surface area (Å²) in [5.41, 5.74) is 2.81. The lowest BCUT2D eigenvalue weighted by Crippen LogP contribution is -2.12. The largest absolute Gasteiger partial charge is 0.497 e. The molecule has 0 aliphatic heterocycles. The van der Waals surface area contributed by atoms with Gasteiger partial charge in [-0.1, -0.05) is 6.07 Å². The molecule has 0 saturated carbocycles. The van der Waals surface area contributed by atoms with Gasteiger partial charge in [0.05, 0.1) is 26.9 Å². The first-order valence-electron chi connectivity index (χ1n) is 8.27. The fourth-order valence-electron chi connectivity index (χ4n) is 2.62. The van der Waals surface area contributed by atoms with Gasteiger partial charge in [-0.05, 0) is 48.0 Å². The maximum Gasteiger partial charge on any atom is 0.257 e. The third kappa shape index (κ3) is 4.17. The van der Waals surface area contributed by atoms with Gasteiger partial charge in [0.1, 0.15) is 5.75 Å². The van der Waals surface area contributed by atoms with E-state index in [1.807, 2.05) is 18.2 Å². The molecule has 3 rings (SSSR count). The SMILES string of the molecule is COc1ccc(NC(=O)c2cncc(-c3ccc(OC)c(OC)c3)c2)cc1. The number of hydrogen-bond acceptors (Lipinski definition) is 5. The minimum Gasteiger partial charge on any atom is -0.497 e. The highest BCUT2D eigenvalue weighted by atomic mass is 16.5. The number of ether oxygens (including phenoxy) is 3. The van der Waals surface area contributed by atoms with Crippen LogP contribution < -0.4 is 19.5 Å².